The van der Waals surface area contributed by atoms with Gasteiger partial charge in [-0.3, -0.25) is 24.4 Å². The Kier molecular flexibility index (Phi) is 11.0. The number of anilines is 1. The second-order valence-electron chi connectivity index (χ2n) is 14.8. The van der Waals surface area contributed by atoms with Crippen LogP contribution in [0.4, 0.5) is 15.3 Å². The Hall–Kier alpha value is -3.79. The summed E-state index contributed by atoms with van der Waals surface area (Å²) in [6.07, 6.45) is 1.64. The largest absolute Gasteiger partial charge is 0.444 e. The van der Waals surface area contributed by atoms with Gasteiger partial charge in [-0.2, -0.15) is 0 Å². The fourth-order valence-electron chi connectivity index (χ4n) is 5.63. The van der Waals surface area contributed by atoms with Crippen LogP contribution in [0.1, 0.15) is 67.2 Å². The minimum Gasteiger partial charge on any atom is -0.444 e. The average Bonchev–Trinajstić information content (AvgIpc) is 3.91. The summed E-state index contributed by atoms with van der Waals surface area (Å²) in [5.41, 5.74) is -2.80. The van der Waals surface area contributed by atoms with Crippen molar-refractivity contribution in [2.45, 2.75) is 107 Å². The maximum absolute atomic E-state index is 14.2. The van der Waals surface area contributed by atoms with E-state index in [-0.39, 0.29) is 19.4 Å². The van der Waals surface area contributed by atoms with Crippen molar-refractivity contribution in [1.29, 1.82) is 0 Å². The van der Waals surface area contributed by atoms with Crippen molar-refractivity contribution < 1.29 is 41.9 Å². The first-order chi connectivity index (χ1) is 22.7. The third kappa shape index (κ3) is 9.47. The zero-order valence-electron chi connectivity index (χ0n) is 29.0. The number of sulfonamides is 1. The van der Waals surface area contributed by atoms with Gasteiger partial charge in [0.15, 0.2) is 0 Å². The zero-order chi connectivity index (χ0) is 36.5. The van der Waals surface area contributed by atoms with Gasteiger partial charge in [-0.25, -0.2) is 18.0 Å². The highest BCUT2D eigenvalue weighted by molar-refractivity contribution is 7.98. The van der Waals surface area contributed by atoms with Crippen molar-refractivity contribution >= 4 is 57.4 Å². The van der Waals surface area contributed by atoms with Crippen molar-refractivity contribution in [2.24, 2.45) is 11.3 Å². The van der Waals surface area contributed by atoms with E-state index in [0.717, 1.165) is 4.90 Å². The monoisotopic (exact) mass is 721 g/mol. The van der Waals surface area contributed by atoms with E-state index in [9.17, 15) is 32.4 Å². The molecule has 3 aliphatic rings. The summed E-state index contributed by atoms with van der Waals surface area (Å²) >= 11 is 1.49. The van der Waals surface area contributed by atoms with Gasteiger partial charge < -0.3 is 25.0 Å². The molecule has 49 heavy (non-hydrogen) atoms. The molecule has 1 aliphatic heterocycles. The van der Waals surface area contributed by atoms with Gasteiger partial charge in [-0.05, 0) is 69.9 Å². The van der Waals surface area contributed by atoms with Gasteiger partial charge >= 0.3 is 12.2 Å². The second kappa shape index (κ2) is 14.2. The third-order valence-corrected chi connectivity index (χ3v) is 11.0. The Morgan fingerprint density at radius 1 is 1.08 bits per heavy atom. The zero-order valence-corrected chi connectivity index (χ0v) is 30.6. The SMILES string of the molecule is C=CC1CC1(NC(=O)[C@@H]1C[C@@H](OC(=O)Nc2cccc(SC)c2)CN1C(=O)[C@@H](NC(=O)OC(C)(C)C)C(C)(C)C)C(=O)NS(=O)(=O)C1CC1. The van der Waals surface area contributed by atoms with Gasteiger partial charge in [-0.15, -0.1) is 18.3 Å². The van der Waals surface area contributed by atoms with Crippen LogP contribution in [0, 0.1) is 11.3 Å². The Balaban J connectivity index is 1.58. The van der Waals surface area contributed by atoms with E-state index in [1.807, 2.05) is 12.3 Å². The summed E-state index contributed by atoms with van der Waals surface area (Å²) in [5.74, 6) is -2.82. The molecule has 5 atom stereocenters. The van der Waals surface area contributed by atoms with Gasteiger partial charge in [0.2, 0.25) is 21.8 Å². The third-order valence-electron chi connectivity index (χ3n) is 8.46. The molecule has 0 aromatic heterocycles. The minimum atomic E-state index is -3.91. The highest BCUT2D eigenvalue weighted by Gasteiger charge is 2.62. The van der Waals surface area contributed by atoms with Crippen molar-refractivity contribution in [3.8, 4) is 0 Å². The number of carbonyl (C=O) groups excluding carboxylic acids is 5. The number of amides is 5. The standard InChI is InChI=1S/C33H47N5O9S2/c1-9-19-17-33(19,28(41)37-49(44,45)23-13-14-23)36-26(39)24-16-21(46-29(42)34-20-11-10-12-22(15-20)48-8)18-38(24)27(40)25(31(2,3)4)35-30(43)47-32(5,6)7/h9-12,15,19,21,23-25H,1,13-14,16-18H2,2-8H3,(H,34,42)(H,35,43)(H,36,39)(H,37,41)/t19?,21-,24+,25-,33?/m1/s1. The number of likely N-dealkylation sites (tertiary alicyclic amines) is 1. The van der Waals surface area contributed by atoms with Crippen LogP contribution in [0.2, 0.25) is 0 Å². The number of benzene rings is 1. The van der Waals surface area contributed by atoms with Crippen LogP contribution in [0.3, 0.4) is 0 Å². The van der Waals surface area contributed by atoms with E-state index >= 15 is 0 Å². The van der Waals surface area contributed by atoms with Gasteiger partial charge in [0, 0.05) is 22.9 Å². The molecule has 4 rings (SSSR count). The van der Waals surface area contributed by atoms with Crippen LogP contribution in [0.25, 0.3) is 0 Å². The van der Waals surface area contributed by atoms with Crippen molar-refractivity contribution in [2.75, 3.05) is 18.1 Å². The lowest BCUT2D eigenvalue weighted by Gasteiger charge is -2.36. The van der Waals surface area contributed by atoms with Gasteiger partial charge in [0.1, 0.15) is 29.3 Å². The second-order valence-corrected chi connectivity index (χ2v) is 17.6. The van der Waals surface area contributed by atoms with E-state index in [1.165, 1.54) is 22.7 Å². The number of alkyl carbamates (subject to hydrolysis) is 1. The number of hydrogen-bond acceptors (Lipinski definition) is 10. The molecule has 14 nitrogen and oxygen atoms in total. The van der Waals surface area contributed by atoms with Crippen LogP contribution in [-0.4, -0.2) is 90.6 Å². The molecular weight excluding hydrogens is 675 g/mol. The number of nitrogens with one attached hydrogen (secondary N) is 4. The highest BCUT2D eigenvalue weighted by atomic mass is 32.2. The fourth-order valence-corrected chi connectivity index (χ4v) is 7.46. The Labute approximate surface area is 291 Å². The Morgan fingerprint density at radius 3 is 2.31 bits per heavy atom. The van der Waals surface area contributed by atoms with Crippen LogP contribution in [0.15, 0.2) is 41.8 Å². The number of thioether (sulfide) groups is 1. The van der Waals surface area contributed by atoms with Crippen molar-refractivity contribution in [1.82, 2.24) is 20.3 Å². The van der Waals surface area contributed by atoms with Crippen molar-refractivity contribution in [3.05, 3.63) is 36.9 Å². The van der Waals surface area contributed by atoms with Gasteiger partial charge in [0.25, 0.3) is 5.91 Å². The van der Waals surface area contributed by atoms with Gasteiger partial charge in [0.05, 0.1) is 11.8 Å². The number of hydrogen-bond donors (Lipinski definition) is 4. The minimum absolute atomic E-state index is 0.108. The first-order valence-corrected chi connectivity index (χ1v) is 18.9. The summed E-state index contributed by atoms with van der Waals surface area (Å²) in [5, 5.41) is 7.34. The molecule has 0 radical (unpaired) electrons. The van der Waals surface area contributed by atoms with E-state index in [1.54, 1.807) is 59.7 Å². The number of rotatable bonds is 11. The molecule has 3 fully saturated rings. The van der Waals surface area contributed by atoms with Crippen molar-refractivity contribution in [3.63, 3.8) is 0 Å². The molecule has 270 valence electrons. The Morgan fingerprint density at radius 2 is 1.76 bits per heavy atom. The molecule has 0 spiro atoms. The normalized spacial score (nSPS) is 24.2. The average molecular weight is 722 g/mol. The first kappa shape index (κ1) is 38.0. The first-order valence-electron chi connectivity index (χ1n) is 16.1. The predicted molar refractivity (Wildman–Crippen MR) is 184 cm³/mol. The molecule has 5 amide bonds. The number of carbonyl (C=O) groups is 5. The van der Waals surface area contributed by atoms with Crippen LogP contribution in [0.5, 0.6) is 0 Å². The molecule has 2 aliphatic carbocycles. The summed E-state index contributed by atoms with van der Waals surface area (Å²) < 4.78 is 38.4. The smallest absolute Gasteiger partial charge is 0.411 e. The van der Waals surface area contributed by atoms with Gasteiger partial charge in [-0.1, -0.05) is 32.9 Å². The molecular formula is C33H47N5O9S2. The van der Waals surface area contributed by atoms with E-state index in [2.05, 4.69) is 27.3 Å². The summed E-state index contributed by atoms with van der Waals surface area (Å²) in [6.45, 7) is 13.8. The van der Waals surface area contributed by atoms with E-state index < -0.39 is 85.8 Å². The summed E-state index contributed by atoms with van der Waals surface area (Å²) in [4.78, 5) is 69.5. The van der Waals surface area contributed by atoms with Crippen LogP contribution < -0.4 is 20.7 Å². The van der Waals surface area contributed by atoms with Crippen LogP contribution in [-0.2, 0) is 33.9 Å². The fraction of sp³-hybridized carbons (Fsp3) is 0.606. The molecule has 1 saturated heterocycles. The van der Waals surface area contributed by atoms with E-state index in [4.69, 9.17) is 9.47 Å². The lowest BCUT2D eigenvalue weighted by molar-refractivity contribution is -0.143. The maximum atomic E-state index is 14.2. The maximum Gasteiger partial charge on any atom is 0.411 e. The molecule has 16 heteroatoms. The quantitative estimate of drug-likeness (QED) is 0.194. The molecule has 2 unspecified atom stereocenters. The summed E-state index contributed by atoms with van der Waals surface area (Å²) in [6, 6.07) is 4.71. The topological polar surface area (TPSA) is 189 Å². The number of nitrogens with zero attached hydrogens (tertiary/aromatic N) is 1. The summed E-state index contributed by atoms with van der Waals surface area (Å²) in [7, 11) is -3.91. The lowest BCUT2D eigenvalue weighted by atomic mass is 9.85. The molecule has 1 aromatic rings. The lowest BCUT2D eigenvalue weighted by Crippen LogP contribution is -2.60. The molecule has 1 heterocycles. The molecule has 4 N–H and O–H groups in total. The molecule has 1 aromatic carbocycles. The molecule has 2 saturated carbocycles. The van der Waals surface area contributed by atoms with Crippen LogP contribution >= 0.6 is 11.8 Å². The molecule has 0 bridgehead atoms. The van der Waals surface area contributed by atoms with E-state index in [0.29, 0.717) is 18.5 Å². The Bertz CT molecular complexity index is 1600. The highest BCUT2D eigenvalue weighted by Crippen LogP contribution is 2.45. The predicted octanol–water partition coefficient (Wildman–Crippen LogP) is 3.54. The number of ether oxygens (including phenoxy) is 2.